The normalized spacial score (nSPS) is 10.2. The highest BCUT2D eigenvalue weighted by Gasteiger charge is 2.09. The van der Waals surface area contributed by atoms with Crippen LogP contribution in [0.3, 0.4) is 0 Å². The zero-order valence-corrected chi connectivity index (χ0v) is 11.8. The van der Waals surface area contributed by atoms with Crippen molar-refractivity contribution >= 4 is 27.5 Å². The number of benzene rings is 1. The van der Waals surface area contributed by atoms with Crippen molar-refractivity contribution in [3.05, 3.63) is 57.8 Å². The molecule has 0 unspecified atom stereocenters. The summed E-state index contributed by atoms with van der Waals surface area (Å²) in [6.07, 6.45) is 1.62. The van der Waals surface area contributed by atoms with Crippen LogP contribution in [-0.4, -0.2) is 10.9 Å². The van der Waals surface area contributed by atoms with Crippen molar-refractivity contribution in [1.82, 2.24) is 4.98 Å². The summed E-state index contributed by atoms with van der Waals surface area (Å²) in [4.78, 5) is 16.1. The Labute approximate surface area is 114 Å². The number of nitrogens with zero attached hydrogens (tertiary/aromatic N) is 1. The fourth-order valence-electron chi connectivity index (χ4n) is 1.72. The third-order valence-corrected chi connectivity index (χ3v) is 3.08. The smallest absolute Gasteiger partial charge is 0.255 e. The molecule has 0 fully saturated rings. The molecular weight excluding hydrogens is 292 g/mol. The van der Waals surface area contributed by atoms with Gasteiger partial charge >= 0.3 is 0 Å². The summed E-state index contributed by atoms with van der Waals surface area (Å²) >= 11 is 3.25. The van der Waals surface area contributed by atoms with Gasteiger partial charge in [-0.05, 0) is 53.5 Å². The van der Waals surface area contributed by atoms with Crippen molar-refractivity contribution in [3.63, 3.8) is 0 Å². The second-order valence-electron chi connectivity index (χ2n) is 4.14. The summed E-state index contributed by atoms with van der Waals surface area (Å²) in [5, 5.41) is 2.82. The molecule has 1 heterocycles. The van der Waals surface area contributed by atoms with Gasteiger partial charge in [-0.1, -0.05) is 17.7 Å². The Morgan fingerprint density at radius 1 is 1.22 bits per heavy atom. The lowest BCUT2D eigenvalue weighted by Gasteiger charge is -2.08. The average molecular weight is 305 g/mol. The van der Waals surface area contributed by atoms with Crippen molar-refractivity contribution in [2.24, 2.45) is 0 Å². The summed E-state index contributed by atoms with van der Waals surface area (Å²) in [6, 6.07) is 9.36. The molecule has 18 heavy (non-hydrogen) atoms. The van der Waals surface area contributed by atoms with Crippen LogP contribution in [0.1, 0.15) is 21.5 Å². The summed E-state index contributed by atoms with van der Waals surface area (Å²) in [5.74, 6) is -0.114. The highest BCUT2D eigenvalue weighted by atomic mass is 79.9. The highest BCUT2D eigenvalue weighted by molar-refractivity contribution is 9.10. The average Bonchev–Trinajstić information content (AvgIpc) is 2.32. The first-order valence-electron chi connectivity index (χ1n) is 5.56. The van der Waals surface area contributed by atoms with Gasteiger partial charge in [-0.25, -0.2) is 4.98 Å². The first-order chi connectivity index (χ1) is 8.56. The second-order valence-corrected chi connectivity index (χ2v) is 4.95. The van der Waals surface area contributed by atoms with Crippen LogP contribution >= 0.6 is 15.9 Å². The van der Waals surface area contributed by atoms with Gasteiger partial charge in [0.25, 0.3) is 5.91 Å². The van der Waals surface area contributed by atoms with Crippen LogP contribution in [0, 0.1) is 13.8 Å². The molecule has 1 aromatic carbocycles. The SMILES string of the molecule is Cc1ccc(C(=O)Nc2ccc(Br)nc2)c(C)c1. The Balaban J connectivity index is 2.19. The Bertz CT molecular complexity index is 579. The molecule has 2 rings (SSSR count). The van der Waals surface area contributed by atoms with Crippen molar-refractivity contribution < 1.29 is 4.79 Å². The molecule has 3 nitrogen and oxygen atoms in total. The molecule has 1 N–H and O–H groups in total. The maximum absolute atomic E-state index is 12.1. The lowest BCUT2D eigenvalue weighted by molar-refractivity contribution is 0.102. The molecule has 0 aliphatic heterocycles. The fourth-order valence-corrected chi connectivity index (χ4v) is 1.95. The molecule has 4 heteroatoms. The van der Waals surface area contributed by atoms with E-state index in [4.69, 9.17) is 0 Å². The quantitative estimate of drug-likeness (QED) is 0.859. The predicted octanol–water partition coefficient (Wildman–Crippen LogP) is 3.71. The molecule has 92 valence electrons. The summed E-state index contributed by atoms with van der Waals surface area (Å²) in [6.45, 7) is 3.94. The van der Waals surface area contributed by atoms with E-state index in [1.54, 1.807) is 18.3 Å². The van der Waals surface area contributed by atoms with E-state index in [0.717, 1.165) is 15.7 Å². The number of carbonyl (C=O) groups is 1. The number of aromatic nitrogens is 1. The number of anilines is 1. The van der Waals surface area contributed by atoms with Crippen molar-refractivity contribution in [2.75, 3.05) is 5.32 Å². The van der Waals surface area contributed by atoms with E-state index in [2.05, 4.69) is 26.2 Å². The maximum atomic E-state index is 12.1. The zero-order chi connectivity index (χ0) is 13.1. The molecular formula is C14H13BrN2O. The minimum absolute atomic E-state index is 0.114. The van der Waals surface area contributed by atoms with Crippen molar-refractivity contribution in [2.45, 2.75) is 13.8 Å². The van der Waals surface area contributed by atoms with Gasteiger partial charge in [0, 0.05) is 5.56 Å². The van der Waals surface area contributed by atoms with E-state index < -0.39 is 0 Å². The minimum Gasteiger partial charge on any atom is -0.321 e. The van der Waals surface area contributed by atoms with Gasteiger partial charge in [0.2, 0.25) is 0 Å². The summed E-state index contributed by atoms with van der Waals surface area (Å²) in [5.41, 5.74) is 3.48. The van der Waals surface area contributed by atoms with Gasteiger partial charge in [0.1, 0.15) is 4.60 Å². The fraction of sp³-hybridized carbons (Fsp3) is 0.143. The third kappa shape index (κ3) is 2.96. The second kappa shape index (κ2) is 5.31. The molecule has 0 bridgehead atoms. The molecule has 1 aromatic heterocycles. The van der Waals surface area contributed by atoms with Gasteiger partial charge in [-0.3, -0.25) is 4.79 Å². The molecule has 0 aliphatic carbocycles. The number of carbonyl (C=O) groups excluding carboxylic acids is 1. The van der Waals surface area contributed by atoms with Crippen LogP contribution in [-0.2, 0) is 0 Å². The van der Waals surface area contributed by atoms with E-state index in [9.17, 15) is 4.79 Å². The predicted molar refractivity (Wildman–Crippen MR) is 75.8 cm³/mol. The first kappa shape index (κ1) is 12.8. The van der Waals surface area contributed by atoms with E-state index in [-0.39, 0.29) is 5.91 Å². The maximum Gasteiger partial charge on any atom is 0.255 e. The van der Waals surface area contributed by atoms with E-state index in [0.29, 0.717) is 11.3 Å². The largest absolute Gasteiger partial charge is 0.321 e. The zero-order valence-electron chi connectivity index (χ0n) is 10.2. The van der Waals surface area contributed by atoms with Crippen LogP contribution in [0.5, 0.6) is 0 Å². The van der Waals surface area contributed by atoms with Crippen LogP contribution in [0.2, 0.25) is 0 Å². The van der Waals surface area contributed by atoms with E-state index >= 15 is 0 Å². The van der Waals surface area contributed by atoms with Gasteiger partial charge in [0.15, 0.2) is 0 Å². The Morgan fingerprint density at radius 2 is 2.00 bits per heavy atom. The monoisotopic (exact) mass is 304 g/mol. The number of halogens is 1. The lowest BCUT2D eigenvalue weighted by Crippen LogP contribution is -2.13. The van der Waals surface area contributed by atoms with Crippen LogP contribution in [0.4, 0.5) is 5.69 Å². The number of nitrogens with one attached hydrogen (secondary N) is 1. The number of aryl methyl sites for hydroxylation is 2. The molecule has 2 aromatic rings. The number of amides is 1. The summed E-state index contributed by atoms with van der Waals surface area (Å²) < 4.78 is 0.743. The molecule has 1 amide bonds. The van der Waals surface area contributed by atoms with Gasteiger partial charge in [0.05, 0.1) is 11.9 Å². The van der Waals surface area contributed by atoms with Gasteiger partial charge in [-0.15, -0.1) is 0 Å². The van der Waals surface area contributed by atoms with E-state index in [1.165, 1.54) is 0 Å². The standard InChI is InChI=1S/C14H13BrN2O/c1-9-3-5-12(10(2)7-9)14(18)17-11-4-6-13(15)16-8-11/h3-8H,1-2H3,(H,17,18). The molecule has 0 aliphatic rings. The Kier molecular flexibility index (Phi) is 3.77. The van der Waals surface area contributed by atoms with E-state index in [1.807, 2.05) is 32.0 Å². The molecule has 0 saturated heterocycles. The molecule has 0 atom stereocenters. The molecule has 0 radical (unpaired) electrons. The minimum atomic E-state index is -0.114. The van der Waals surface area contributed by atoms with Crippen LogP contribution in [0.25, 0.3) is 0 Å². The van der Waals surface area contributed by atoms with Gasteiger partial charge < -0.3 is 5.32 Å². The number of rotatable bonds is 2. The molecule has 0 spiro atoms. The third-order valence-electron chi connectivity index (χ3n) is 2.61. The van der Waals surface area contributed by atoms with Crippen molar-refractivity contribution in [3.8, 4) is 0 Å². The Hall–Kier alpha value is -1.68. The molecule has 0 saturated carbocycles. The first-order valence-corrected chi connectivity index (χ1v) is 6.36. The highest BCUT2D eigenvalue weighted by Crippen LogP contribution is 2.15. The van der Waals surface area contributed by atoms with Crippen molar-refractivity contribution in [1.29, 1.82) is 0 Å². The van der Waals surface area contributed by atoms with Crippen LogP contribution < -0.4 is 5.32 Å². The van der Waals surface area contributed by atoms with Crippen LogP contribution in [0.15, 0.2) is 41.1 Å². The Morgan fingerprint density at radius 3 is 2.61 bits per heavy atom. The topological polar surface area (TPSA) is 42.0 Å². The number of pyridine rings is 1. The summed E-state index contributed by atoms with van der Waals surface area (Å²) in [7, 11) is 0. The number of hydrogen-bond donors (Lipinski definition) is 1. The van der Waals surface area contributed by atoms with Gasteiger partial charge in [-0.2, -0.15) is 0 Å². The lowest BCUT2D eigenvalue weighted by atomic mass is 10.1. The number of hydrogen-bond acceptors (Lipinski definition) is 2.